The third-order valence-electron chi connectivity index (χ3n) is 3.59. The number of hydrogen-bond acceptors (Lipinski definition) is 5. The molecular weight excluding hydrogens is 366 g/mol. The van der Waals surface area contributed by atoms with Crippen molar-refractivity contribution in [1.29, 1.82) is 0 Å². The number of nitrogens with one attached hydrogen (secondary N) is 1. The lowest BCUT2D eigenvalue weighted by atomic mass is 10.1. The van der Waals surface area contributed by atoms with Gasteiger partial charge in [0.25, 0.3) is 0 Å². The Morgan fingerprint density at radius 1 is 1.39 bits per heavy atom. The Labute approximate surface area is 139 Å². The zero-order chi connectivity index (χ0) is 17.3. The predicted octanol–water partition coefficient (Wildman–Crippen LogP) is 1.14. The summed E-state index contributed by atoms with van der Waals surface area (Å²) in [6.45, 7) is -0.00141. The SMILES string of the molecule is O=C(O)c1ccc(S(=O)(=O)NCC2CCCS(=O)(=O)C2)c(Cl)c1. The molecule has 1 unspecified atom stereocenters. The molecule has 0 amide bonds. The number of benzene rings is 1. The highest BCUT2D eigenvalue weighted by molar-refractivity contribution is 7.91. The van der Waals surface area contributed by atoms with Crippen LogP contribution in [0, 0.1) is 5.92 Å². The van der Waals surface area contributed by atoms with Crippen molar-refractivity contribution < 1.29 is 26.7 Å². The minimum absolute atomic E-state index is 0.00141. The molecule has 1 aromatic carbocycles. The van der Waals surface area contributed by atoms with Crippen molar-refractivity contribution >= 4 is 37.4 Å². The van der Waals surface area contributed by atoms with Gasteiger partial charge in [-0.2, -0.15) is 0 Å². The minimum Gasteiger partial charge on any atom is -0.478 e. The fourth-order valence-electron chi connectivity index (χ4n) is 2.44. The van der Waals surface area contributed by atoms with Crippen LogP contribution in [0.15, 0.2) is 23.1 Å². The van der Waals surface area contributed by atoms with Crippen LogP contribution in [0.5, 0.6) is 0 Å². The molecule has 0 aromatic heterocycles. The monoisotopic (exact) mass is 381 g/mol. The fraction of sp³-hybridized carbons (Fsp3) is 0.462. The number of rotatable bonds is 5. The van der Waals surface area contributed by atoms with E-state index in [1.807, 2.05) is 0 Å². The minimum atomic E-state index is -3.94. The lowest BCUT2D eigenvalue weighted by Crippen LogP contribution is -2.35. The Morgan fingerprint density at radius 3 is 2.65 bits per heavy atom. The summed E-state index contributed by atoms with van der Waals surface area (Å²) in [4.78, 5) is 10.6. The Morgan fingerprint density at radius 2 is 2.09 bits per heavy atom. The molecular formula is C13H16ClNO6S2. The highest BCUT2D eigenvalue weighted by atomic mass is 35.5. The van der Waals surface area contributed by atoms with E-state index in [9.17, 15) is 21.6 Å². The van der Waals surface area contributed by atoms with Gasteiger partial charge in [0.1, 0.15) is 4.90 Å². The smallest absolute Gasteiger partial charge is 0.335 e. The normalized spacial score (nSPS) is 21.0. The summed E-state index contributed by atoms with van der Waals surface area (Å²) in [6, 6.07) is 3.32. The van der Waals surface area contributed by atoms with Crippen LogP contribution in [0.1, 0.15) is 23.2 Å². The van der Waals surface area contributed by atoms with Crippen LogP contribution in [-0.2, 0) is 19.9 Å². The average molecular weight is 382 g/mol. The van der Waals surface area contributed by atoms with Gasteiger partial charge >= 0.3 is 5.97 Å². The van der Waals surface area contributed by atoms with Gasteiger partial charge in [-0.05, 0) is 37.0 Å². The van der Waals surface area contributed by atoms with Crippen molar-refractivity contribution in [2.45, 2.75) is 17.7 Å². The van der Waals surface area contributed by atoms with Crippen LogP contribution in [0.3, 0.4) is 0 Å². The van der Waals surface area contributed by atoms with E-state index in [1.54, 1.807) is 0 Å². The highest BCUT2D eigenvalue weighted by Crippen LogP contribution is 2.24. The largest absolute Gasteiger partial charge is 0.478 e. The summed E-state index contributed by atoms with van der Waals surface area (Å²) in [5.41, 5.74) is -0.118. The molecule has 0 bridgehead atoms. The lowest BCUT2D eigenvalue weighted by molar-refractivity contribution is 0.0696. The fourth-order valence-corrected chi connectivity index (χ4v) is 5.87. The van der Waals surface area contributed by atoms with Gasteiger partial charge in [-0.15, -0.1) is 0 Å². The number of halogens is 1. The zero-order valence-electron chi connectivity index (χ0n) is 12.0. The lowest BCUT2D eigenvalue weighted by Gasteiger charge is -2.22. The second-order valence-electron chi connectivity index (χ2n) is 5.42. The molecule has 2 rings (SSSR count). The maximum atomic E-state index is 12.2. The maximum absolute atomic E-state index is 12.2. The van der Waals surface area contributed by atoms with Gasteiger partial charge < -0.3 is 5.11 Å². The average Bonchev–Trinajstić information content (AvgIpc) is 2.44. The first-order valence-electron chi connectivity index (χ1n) is 6.84. The van der Waals surface area contributed by atoms with Gasteiger partial charge in [0.05, 0.1) is 22.1 Å². The molecule has 1 atom stereocenters. The predicted molar refractivity (Wildman–Crippen MR) is 85.0 cm³/mol. The van der Waals surface area contributed by atoms with Crippen LogP contribution in [0.2, 0.25) is 5.02 Å². The first kappa shape index (κ1) is 18.2. The van der Waals surface area contributed by atoms with Gasteiger partial charge in [-0.1, -0.05) is 11.6 Å². The van der Waals surface area contributed by atoms with E-state index >= 15 is 0 Å². The number of sulfone groups is 1. The van der Waals surface area contributed by atoms with E-state index < -0.39 is 25.8 Å². The molecule has 0 saturated carbocycles. The topological polar surface area (TPSA) is 118 Å². The van der Waals surface area contributed by atoms with E-state index in [2.05, 4.69) is 4.72 Å². The molecule has 1 aliphatic heterocycles. The van der Waals surface area contributed by atoms with Crippen molar-refractivity contribution in [3.63, 3.8) is 0 Å². The van der Waals surface area contributed by atoms with Crippen LogP contribution in [0.25, 0.3) is 0 Å². The van der Waals surface area contributed by atoms with Gasteiger partial charge in [0.2, 0.25) is 10.0 Å². The number of hydrogen-bond donors (Lipinski definition) is 2. The summed E-state index contributed by atoms with van der Waals surface area (Å²) in [5.74, 6) is -1.39. The van der Waals surface area contributed by atoms with E-state index in [0.29, 0.717) is 12.8 Å². The van der Waals surface area contributed by atoms with Crippen molar-refractivity contribution in [3.05, 3.63) is 28.8 Å². The van der Waals surface area contributed by atoms with E-state index in [4.69, 9.17) is 16.7 Å². The second kappa shape index (κ2) is 6.76. The molecule has 0 spiro atoms. The van der Waals surface area contributed by atoms with Gasteiger partial charge in [0.15, 0.2) is 9.84 Å². The Bertz CT molecular complexity index is 819. The molecule has 23 heavy (non-hydrogen) atoms. The van der Waals surface area contributed by atoms with Crippen molar-refractivity contribution in [2.75, 3.05) is 18.1 Å². The quantitative estimate of drug-likeness (QED) is 0.789. The number of sulfonamides is 1. The molecule has 7 nitrogen and oxygen atoms in total. The molecule has 1 fully saturated rings. The van der Waals surface area contributed by atoms with Crippen LogP contribution < -0.4 is 4.72 Å². The molecule has 1 saturated heterocycles. The maximum Gasteiger partial charge on any atom is 0.335 e. The molecule has 1 aliphatic rings. The Hall–Kier alpha value is -1.16. The van der Waals surface area contributed by atoms with Crippen molar-refractivity contribution in [1.82, 2.24) is 4.72 Å². The van der Waals surface area contributed by atoms with Gasteiger partial charge in [0, 0.05) is 6.54 Å². The molecule has 1 heterocycles. The summed E-state index contributed by atoms with van der Waals surface area (Å²) < 4.78 is 50.0. The Kier molecular flexibility index (Phi) is 5.34. The van der Waals surface area contributed by atoms with Crippen LogP contribution in [-0.4, -0.2) is 46.0 Å². The number of carboxylic acids is 1. The number of carboxylic acid groups (broad SMARTS) is 1. The second-order valence-corrected chi connectivity index (χ2v) is 9.80. The van der Waals surface area contributed by atoms with E-state index in [1.165, 1.54) is 0 Å². The molecule has 128 valence electrons. The van der Waals surface area contributed by atoms with E-state index in [-0.39, 0.29) is 39.4 Å². The van der Waals surface area contributed by atoms with Gasteiger partial charge in [-0.25, -0.2) is 26.4 Å². The Balaban J connectivity index is 2.12. The first-order chi connectivity index (χ1) is 10.6. The summed E-state index contributed by atoms with van der Waals surface area (Å²) in [5, 5.41) is 8.64. The molecule has 10 heteroatoms. The highest BCUT2D eigenvalue weighted by Gasteiger charge is 2.27. The zero-order valence-corrected chi connectivity index (χ0v) is 14.4. The molecule has 0 aliphatic carbocycles. The van der Waals surface area contributed by atoms with Crippen molar-refractivity contribution in [3.8, 4) is 0 Å². The summed E-state index contributed by atoms with van der Waals surface area (Å²) in [6.07, 6.45) is 1.15. The molecule has 1 aromatic rings. The third kappa shape index (κ3) is 4.66. The molecule has 2 N–H and O–H groups in total. The van der Waals surface area contributed by atoms with E-state index in [0.717, 1.165) is 18.2 Å². The molecule has 0 radical (unpaired) electrons. The third-order valence-corrected chi connectivity index (χ3v) is 7.38. The van der Waals surface area contributed by atoms with Crippen molar-refractivity contribution in [2.24, 2.45) is 5.92 Å². The summed E-state index contributed by atoms with van der Waals surface area (Å²) >= 11 is 5.85. The first-order valence-corrected chi connectivity index (χ1v) is 10.5. The summed E-state index contributed by atoms with van der Waals surface area (Å²) in [7, 11) is -7.05. The van der Waals surface area contributed by atoms with Gasteiger partial charge in [-0.3, -0.25) is 0 Å². The van der Waals surface area contributed by atoms with Crippen LogP contribution >= 0.6 is 11.6 Å². The van der Waals surface area contributed by atoms with Crippen LogP contribution in [0.4, 0.5) is 0 Å². The number of carbonyl (C=O) groups is 1. The number of aromatic carboxylic acids is 1. The standard InChI is InChI=1S/C13H16ClNO6S2/c14-11-6-10(13(16)17)3-4-12(11)23(20,21)15-7-9-2-1-5-22(18,19)8-9/h3-4,6,9,15H,1-2,5,7-8H2,(H,16,17).